The van der Waals surface area contributed by atoms with Crippen molar-refractivity contribution in [3.8, 4) is 85.1 Å². The first-order valence-electron chi connectivity index (χ1n) is 19.3. The lowest BCUT2D eigenvalue weighted by molar-refractivity contribution is 0.436. The van der Waals surface area contributed by atoms with E-state index in [9.17, 15) is 5.26 Å². The number of hydrogen-bond donors (Lipinski definition) is 0. The van der Waals surface area contributed by atoms with Gasteiger partial charge < -0.3 is 4.74 Å². The van der Waals surface area contributed by atoms with E-state index >= 15 is 0 Å². The summed E-state index contributed by atoms with van der Waals surface area (Å²) in [6, 6.07) is 69.1. The predicted octanol–water partition coefficient (Wildman–Crippen LogP) is 12.5. The molecule has 0 atom stereocenters. The predicted molar refractivity (Wildman–Crippen MR) is 229 cm³/mol. The first-order valence-corrected chi connectivity index (χ1v) is 19.3. The van der Waals surface area contributed by atoms with E-state index in [2.05, 4.69) is 109 Å². The number of rotatable bonds is 5. The van der Waals surface area contributed by atoms with Gasteiger partial charge in [-0.15, -0.1) is 0 Å². The second-order valence-electron chi connectivity index (χ2n) is 14.7. The summed E-state index contributed by atoms with van der Waals surface area (Å²) in [5.41, 5.74) is 13.8. The van der Waals surface area contributed by atoms with Crippen LogP contribution in [0.15, 0.2) is 194 Å². The topological polar surface area (TPSA) is 71.7 Å². The Morgan fingerprint density at radius 3 is 1.36 bits per heavy atom. The second kappa shape index (κ2) is 13.4. The number of aromatic nitrogens is 3. The molecule has 5 nitrogen and oxygen atoms in total. The number of nitriles is 1. The quantitative estimate of drug-likeness (QED) is 0.176. The Kier molecular flexibility index (Phi) is 7.70. The van der Waals surface area contributed by atoms with Gasteiger partial charge in [0.2, 0.25) is 0 Å². The molecular weight excluding hydrogens is 709 g/mol. The Labute approximate surface area is 336 Å². The van der Waals surface area contributed by atoms with Crippen molar-refractivity contribution >= 4 is 0 Å². The fourth-order valence-corrected chi connectivity index (χ4v) is 8.80. The second-order valence-corrected chi connectivity index (χ2v) is 14.7. The summed E-state index contributed by atoms with van der Waals surface area (Å²) in [4.78, 5) is 14.9. The van der Waals surface area contributed by atoms with Crippen molar-refractivity contribution in [1.29, 1.82) is 5.26 Å². The third-order valence-corrected chi connectivity index (χ3v) is 11.4. The summed E-state index contributed by atoms with van der Waals surface area (Å²) in [6.45, 7) is 0. The van der Waals surface area contributed by atoms with Crippen molar-refractivity contribution in [2.75, 3.05) is 0 Å². The third-order valence-electron chi connectivity index (χ3n) is 11.4. The van der Waals surface area contributed by atoms with E-state index in [4.69, 9.17) is 19.7 Å². The molecule has 1 aliphatic carbocycles. The average molecular weight is 741 g/mol. The van der Waals surface area contributed by atoms with Crippen LogP contribution in [0, 0.1) is 11.3 Å². The van der Waals surface area contributed by atoms with Crippen molar-refractivity contribution in [3.63, 3.8) is 0 Å². The molecule has 0 fully saturated rings. The lowest BCUT2D eigenvalue weighted by Crippen LogP contribution is -2.32. The molecule has 2 aliphatic rings. The Hall–Kier alpha value is -7.94. The molecule has 0 radical (unpaired) electrons. The molecule has 58 heavy (non-hydrogen) atoms. The zero-order chi connectivity index (χ0) is 38.6. The van der Waals surface area contributed by atoms with Crippen LogP contribution in [0.2, 0.25) is 0 Å². The molecule has 0 N–H and O–H groups in total. The molecule has 0 amide bonds. The zero-order valence-electron chi connectivity index (χ0n) is 31.2. The summed E-state index contributed by atoms with van der Waals surface area (Å²) in [7, 11) is 0. The van der Waals surface area contributed by atoms with Gasteiger partial charge in [-0.2, -0.15) is 5.26 Å². The minimum absolute atomic E-state index is 0.616. The molecule has 1 aromatic heterocycles. The summed E-state index contributed by atoms with van der Waals surface area (Å²) in [5.74, 6) is 3.52. The average Bonchev–Trinajstić information content (AvgIpc) is 3.58. The monoisotopic (exact) mass is 740 g/mol. The van der Waals surface area contributed by atoms with Crippen molar-refractivity contribution < 1.29 is 4.74 Å². The number of benzene rings is 8. The highest BCUT2D eigenvalue weighted by Gasteiger charge is 2.51. The van der Waals surface area contributed by atoms with Gasteiger partial charge in [0.25, 0.3) is 0 Å². The Balaban J connectivity index is 1.04. The molecule has 8 aromatic carbocycles. The van der Waals surface area contributed by atoms with E-state index in [0.29, 0.717) is 23.0 Å². The Bertz CT molecular complexity index is 3010. The summed E-state index contributed by atoms with van der Waals surface area (Å²) >= 11 is 0. The normalized spacial score (nSPS) is 12.7. The van der Waals surface area contributed by atoms with Crippen LogP contribution in [0.3, 0.4) is 0 Å². The van der Waals surface area contributed by atoms with E-state index in [-0.39, 0.29) is 0 Å². The highest BCUT2D eigenvalue weighted by Crippen LogP contribution is 2.62. The fraction of sp³-hybridized carbons (Fsp3) is 0.0189. The minimum atomic E-state index is -0.674. The van der Waals surface area contributed by atoms with Crippen molar-refractivity contribution in [3.05, 3.63) is 222 Å². The van der Waals surface area contributed by atoms with Gasteiger partial charge in [-0.25, -0.2) is 15.0 Å². The molecule has 0 unspecified atom stereocenters. The van der Waals surface area contributed by atoms with Gasteiger partial charge in [0.05, 0.1) is 17.0 Å². The van der Waals surface area contributed by atoms with Gasteiger partial charge in [-0.05, 0) is 87.0 Å². The smallest absolute Gasteiger partial charge is 0.164 e. The largest absolute Gasteiger partial charge is 0.457 e. The lowest BCUT2D eigenvalue weighted by Gasteiger charge is -2.39. The molecule has 1 spiro atoms. The number of fused-ring (bicyclic) bond motifs is 9. The van der Waals surface area contributed by atoms with Crippen LogP contribution in [0.5, 0.6) is 11.5 Å². The molecule has 11 rings (SSSR count). The SMILES string of the molecule is N#Cc1ccc2c(c1)C1(c3ccccc3Oc3ccccc31)c1cc(-c3cccc(-c4cccc(-c5nc(-c6ccccc6)nc(-c6ccccc6)n5)c4)c3)ccc1-2. The number of hydrogen-bond acceptors (Lipinski definition) is 5. The molecular formula is C53H32N4O. The van der Waals surface area contributed by atoms with Gasteiger partial charge in [-0.1, -0.05) is 152 Å². The van der Waals surface area contributed by atoms with Gasteiger partial charge in [0.15, 0.2) is 17.5 Å². The molecule has 2 heterocycles. The highest BCUT2D eigenvalue weighted by atomic mass is 16.5. The number of para-hydroxylation sites is 2. The van der Waals surface area contributed by atoms with E-state index in [1.807, 2.05) is 91.0 Å². The molecule has 5 heteroatoms. The number of nitrogens with zero attached hydrogens (tertiary/aromatic N) is 4. The molecule has 270 valence electrons. The standard InChI is InChI=1S/C53H32N4O/c54-33-34-25-27-42-43-28-26-40(32-47(43)53(46(42)29-34)44-21-7-9-23-48(44)58-49-24-10-8-22-45(49)53)38-18-11-17-37(30-38)39-19-12-20-41(31-39)52-56-50(35-13-3-1-4-14-35)55-51(57-52)36-15-5-2-6-16-36/h1-32H. The van der Waals surface area contributed by atoms with Gasteiger partial charge in [-0.3, -0.25) is 0 Å². The summed E-state index contributed by atoms with van der Waals surface area (Å²) < 4.78 is 6.55. The van der Waals surface area contributed by atoms with Crippen LogP contribution in [-0.2, 0) is 5.41 Å². The first kappa shape index (κ1) is 33.4. The van der Waals surface area contributed by atoms with Gasteiger partial charge in [0.1, 0.15) is 11.5 Å². The molecule has 1 aliphatic heterocycles. The van der Waals surface area contributed by atoms with Crippen LogP contribution in [0.1, 0.15) is 27.8 Å². The van der Waals surface area contributed by atoms with Crippen molar-refractivity contribution in [2.45, 2.75) is 5.41 Å². The molecule has 0 bridgehead atoms. The molecule has 9 aromatic rings. The summed E-state index contributed by atoms with van der Waals surface area (Å²) in [6.07, 6.45) is 0. The minimum Gasteiger partial charge on any atom is -0.457 e. The van der Waals surface area contributed by atoms with Gasteiger partial charge >= 0.3 is 0 Å². The van der Waals surface area contributed by atoms with E-state index in [1.165, 1.54) is 5.56 Å². The van der Waals surface area contributed by atoms with E-state index in [0.717, 1.165) is 78.3 Å². The maximum Gasteiger partial charge on any atom is 0.164 e. The fourth-order valence-electron chi connectivity index (χ4n) is 8.80. The highest BCUT2D eigenvalue weighted by molar-refractivity contribution is 5.91. The zero-order valence-corrected chi connectivity index (χ0v) is 31.2. The third kappa shape index (κ3) is 5.27. The van der Waals surface area contributed by atoms with Crippen LogP contribution < -0.4 is 4.74 Å². The van der Waals surface area contributed by atoms with Gasteiger partial charge in [0, 0.05) is 27.8 Å². The summed E-state index contributed by atoms with van der Waals surface area (Å²) in [5, 5.41) is 10.1. The van der Waals surface area contributed by atoms with E-state index < -0.39 is 5.41 Å². The van der Waals surface area contributed by atoms with Crippen LogP contribution in [0.4, 0.5) is 0 Å². The Morgan fingerprint density at radius 2 is 0.793 bits per heavy atom. The Morgan fingerprint density at radius 1 is 0.362 bits per heavy atom. The van der Waals surface area contributed by atoms with Crippen LogP contribution in [-0.4, -0.2) is 15.0 Å². The van der Waals surface area contributed by atoms with E-state index in [1.54, 1.807) is 0 Å². The van der Waals surface area contributed by atoms with Crippen LogP contribution in [0.25, 0.3) is 67.5 Å². The molecule has 0 saturated heterocycles. The lowest BCUT2D eigenvalue weighted by atomic mass is 9.65. The van der Waals surface area contributed by atoms with Crippen molar-refractivity contribution in [2.24, 2.45) is 0 Å². The molecule has 0 saturated carbocycles. The first-order chi connectivity index (χ1) is 28.7. The number of ether oxygens (including phenoxy) is 1. The van der Waals surface area contributed by atoms with Crippen LogP contribution >= 0.6 is 0 Å². The van der Waals surface area contributed by atoms with Crippen molar-refractivity contribution in [1.82, 2.24) is 15.0 Å². The maximum absolute atomic E-state index is 10.1. The maximum atomic E-state index is 10.1.